The van der Waals surface area contributed by atoms with Crippen LogP contribution in [0.25, 0.3) is 0 Å². The minimum absolute atomic E-state index is 0.0313. The van der Waals surface area contributed by atoms with E-state index >= 15 is 0 Å². The van der Waals surface area contributed by atoms with Crippen molar-refractivity contribution in [3.8, 4) is 0 Å². The van der Waals surface area contributed by atoms with E-state index in [4.69, 9.17) is 5.73 Å². The summed E-state index contributed by atoms with van der Waals surface area (Å²) in [4.78, 5) is 2.27. The fourth-order valence-corrected chi connectivity index (χ4v) is 3.36. The van der Waals surface area contributed by atoms with E-state index in [0.717, 1.165) is 4.47 Å². The number of nitrogens with two attached hydrogens (primary N) is 1. The maximum absolute atomic E-state index is 14.1. The lowest BCUT2D eigenvalue weighted by Gasteiger charge is -2.37. The Kier molecular flexibility index (Phi) is 5.37. The van der Waals surface area contributed by atoms with Gasteiger partial charge in [0.15, 0.2) is 0 Å². The van der Waals surface area contributed by atoms with Crippen LogP contribution in [0, 0.1) is 5.82 Å². The fraction of sp³-hybridized carbons (Fsp3) is 0.600. The maximum atomic E-state index is 14.1. The predicted octanol–water partition coefficient (Wildman–Crippen LogP) is 3.85. The Labute approximate surface area is 123 Å². The summed E-state index contributed by atoms with van der Waals surface area (Å²) in [5.41, 5.74) is 6.61. The molecule has 1 aromatic rings. The third-order valence-corrected chi connectivity index (χ3v) is 4.68. The van der Waals surface area contributed by atoms with Crippen molar-refractivity contribution in [3.05, 3.63) is 34.1 Å². The van der Waals surface area contributed by atoms with Crippen molar-refractivity contribution in [1.29, 1.82) is 0 Å². The van der Waals surface area contributed by atoms with Crippen molar-refractivity contribution in [2.24, 2.45) is 5.73 Å². The zero-order valence-corrected chi connectivity index (χ0v) is 13.0. The van der Waals surface area contributed by atoms with Crippen LogP contribution in [0.5, 0.6) is 0 Å². The standard InChI is InChI=1S/C15H22BrFN2/c1-19(12-5-3-2-4-6-12)15(10-18)13-8-7-11(16)9-14(13)17/h7-9,12,15H,2-6,10,18H2,1H3. The predicted molar refractivity (Wildman–Crippen MR) is 80.5 cm³/mol. The second-order valence-corrected chi connectivity index (χ2v) is 6.29. The molecule has 4 heteroatoms. The van der Waals surface area contributed by atoms with Crippen LogP contribution in [0.3, 0.4) is 0 Å². The molecule has 1 aliphatic rings. The molecular weight excluding hydrogens is 307 g/mol. The lowest BCUT2D eigenvalue weighted by molar-refractivity contribution is 0.138. The second kappa shape index (κ2) is 6.82. The molecule has 0 aliphatic heterocycles. The third-order valence-electron chi connectivity index (χ3n) is 4.19. The number of hydrogen-bond donors (Lipinski definition) is 1. The van der Waals surface area contributed by atoms with Gasteiger partial charge < -0.3 is 5.73 Å². The summed E-state index contributed by atoms with van der Waals surface area (Å²) in [6, 6.07) is 5.75. The maximum Gasteiger partial charge on any atom is 0.129 e. The molecule has 0 heterocycles. The molecule has 0 bridgehead atoms. The molecule has 106 valence electrons. The summed E-state index contributed by atoms with van der Waals surface area (Å²) >= 11 is 3.30. The van der Waals surface area contributed by atoms with Gasteiger partial charge >= 0.3 is 0 Å². The molecule has 1 saturated carbocycles. The van der Waals surface area contributed by atoms with E-state index < -0.39 is 0 Å². The van der Waals surface area contributed by atoms with Crippen LogP contribution in [0.1, 0.15) is 43.7 Å². The Hall–Kier alpha value is -0.450. The Morgan fingerprint density at radius 3 is 2.63 bits per heavy atom. The number of nitrogens with zero attached hydrogens (tertiary/aromatic N) is 1. The van der Waals surface area contributed by atoms with Crippen molar-refractivity contribution < 1.29 is 4.39 Å². The molecule has 0 spiro atoms. The van der Waals surface area contributed by atoms with Gasteiger partial charge in [-0.25, -0.2) is 4.39 Å². The van der Waals surface area contributed by atoms with Crippen LogP contribution in [0.4, 0.5) is 4.39 Å². The first kappa shape index (κ1) is 14.9. The van der Waals surface area contributed by atoms with Gasteiger partial charge in [0, 0.05) is 28.7 Å². The Bertz CT molecular complexity index is 419. The van der Waals surface area contributed by atoms with Crippen LogP contribution < -0.4 is 5.73 Å². The molecule has 0 radical (unpaired) electrons. The average molecular weight is 329 g/mol. The second-order valence-electron chi connectivity index (χ2n) is 5.37. The smallest absolute Gasteiger partial charge is 0.129 e. The van der Waals surface area contributed by atoms with Gasteiger partial charge in [0.25, 0.3) is 0 Å². The van der Waals surface area contributed by atoms with Crippen molar-refractivity contribution in [1.82, 2.24) is 4.90 Å². The first-order chi connectivity index (χ1) is 9.13. The van der Waals surface area contributed by atoms with Crippen LogP contribution >= 0.6 is 15.9 Å². The highest BCUT2D eigenvalue weighted by Crippen LogP contribution is 2.30. The quantitative estimate of drug-likeness (QED) is 0.909. The molecule has 2 N–H and O–H groups in total. The average Bonchev–Trinajstić information content (AvgIpc) is 2.42. The van der Waals surface area contributed by atoms with Gasteiger partial charge in [-0.1, -0.05) is 41.3 Å². The minimum atomic E-state index is -0.174. The van der Waals surface area contributed by atoms with Gasteiger partial charge in [0.1, 0.15) is 5.82 Å². The number of halogens is 2. The highest BCUT2D eigenvalue weighted by atomic mass is 79.9. The molecular formula is C15H22BrFN2. The molecule has 0 saturated heterocycles. The summed E-state index contributed by atoms with van der Waals surface area (Å²) in [6.45, 7) is 0.450. The van der Waals surface area contributed by atoms with Crippen molar-refractivity contribution in [2.75, 3.05) is 13.6 Å². The number of likely N-dealkylation sites (N-methyl/N-ethyl adjacent to an activating group) is 1. The van der Waals surface area contributed by atoms with Gasteiger partial charge in [-0.3, -0.25) is 4.90 Å². The Morgan fingerprint density at radius 1 is 1.37 bits per heavy atom. The molecule has 19 heavy (non-hydrogen) atoms. The van der Waals surface area contributed by atoms with Crippen molar-refractivity contribution in [3.63, 3.8) is 0 Å². The van der Waals surface area contributed by atoms with Crippen LogP contribution in [0.2, 0.25) is 0 Å². The van der Waals surface area contributed by atoms with E-state index in [1.54, 1.807) is 0 Å². The van der Waals surface area contributed by atoms with E-state index in [-0.39, 0.29) is 11.9 Å². The molecule has 1 fully saturated rings. The van der Waals surface area contributed by atoms with Crippen molar-refractivity contribution in [2.45, 2.75) is 44.2 Å². The summed E-state index contributed by atoms with van der Waals surface area (Å²) in [7, 11) is 2.08. The van der Waals surface area contributed by atoms with E-state index in [9.17, 15) is 4.39 Å². The summed E-state index contributed by atoms with van der Waals surface area (Å²) in [5, 5.41) is 0. The lowest BCUT2D eigenvalue weighted by atomic mass is 9.92. The van der Waals surface area contributed by atoms with Crippen LogP contribution in [-0.4, -0.2) is 24.5 Å². The third kappa shape index (κ3) is 3.56. The molecule has 0 aromatic heterocycles. The molecule has 1 aliphatic carbocycles. The zero-order chi connectivity index (χ0) is 13.8. The van der Waals surface area contributed by atoms with E-state index in [1.807, 2.05) is 12.1 Å². The van der Waals surface area contributed by atoms with Gasteiger partial charge in [-0.15, -0.1) is 0 Å². The van der Waals surface area contributed by atoms with Gasteiger partial charge in [0.2, 0.25) is 0 Å². The molecule has 1 atom stereocenters. The lowest BCUT2D eigenvalue weighted by Crippen LogP contribution is -2.40. The minimum Gasteiger partial charge on any atom is -0.329 e. The van der Waals surface area contributed by atoms with Gasteiger partial charge in [-0.2, -0.15) is 0 Å². The summed E-state index contributed by atoms with van der Waals surface area (Å²) in [6.07, 6.45) is 6.27. The number of rotatable bonds is 4. The largest absolute Gasteiger partial charge is 0.329 e. The molecule has 1 unspecified atom stereocenters. The van der Waals surface area contributed by atoms with E-state index in [0.29, 0.717) is 18.2 Å². The Balaban J connectivity index is 2.18. The highest BCUT2D eigenvalue weighted by molar-refractivity contribution is 9.10. The topological polar surface area (TPSA) is 29.3 Å². The van der Waals surface area contributed by atoms with Gasteiger partial charge in [-0.05, 0) is 32.0 Å². The van der Waals surface area contributed by atoms with E-state index in [2.05, 4.69) is 27.9 Å². The summed E-state index contributed by atoms with van der Waals surface area (Å²) < 4.78 is 14.9. The van der Waals surface area contributed by atoms with Gasteiger partial charge in [0.05, 0.1) is 0 Å². The van der Waals surface area contributed by atoms with Crippen LogP contribution in [-0.2, 0) is 0 Å². The first-order valence-electron chi connectivity index (χ1n) is 7.00. The first-order valence-corrected chi connectivity index (χ1v) is 7.79. The molecule has 1 aromatic carbocycles. The molecule has 0 amide bonds. The van der Waals surface area contributed by atoms with E-state index in [1.165, 1.54) is 38.2 Å². The van der Waals surface area contributed by atoms with Crippen molar-refractivity contribution >= 4 is 15.9 Å². The molecule has 2 nitrogen and oxygen atoms in total. The number of benzene rings is 1. The monoisotopic (exact) mass is 328 g/mol. The zero-order valence-electron chi connectivity index (χ0n) is 11.4. The number of hydrogen-bond acceptors (Lipinski definition) is 2. The molecule has 2 rings (SSSR count). The Morgan fingerprint density at radius 2 is 2.05 bits per heavy atom. The normalized spacial score (nSPS) is 18.8. The van der Waals surface area contributed by atoms with Crippen LogP contribution in [0.15, 0.2) is 22.7 Å². The fourth-order valence-electron chi connectivity index (χ4n) is 3.03. The highest BCUT2D eigenvalue weighted by Gasteiger charge is 2.26. The SMILES string of the molecule is CN(C1CCCCC1)C(CN)c1ccc(Br)cc1F. The summed E-state index contributed by atoms with van der Waals surface area (Å²) in [5.74, 6) is -0.174.